The van der Waals surface area contributed by atoms with E-state index in [1.54, 1.807) is 0 Å². The number of benzene rings is 2. The Kier molecular flexibility index (Phi) is 8.72. The van der Waals surface area contributed by atoms with E-state index in [-0.39, 0.29) is 5.91 Å². The summed E-state index contributed by atoms with van der Waals surface area (Å²) in [6.07, 6.45) is 7.68. The molecule has 0 saturated heterocycles. The van der Waals surface area contributed by atoms with Crippen LogP contribution in [0.4, 0.5) is 16.5 Å². The predicted molar refractivity (Wildman–Crippen MR) is 129 cm³/mol. The van der Waals surface area contributed by atoms with Crippen LogP contribution >= 0.6 is 22.9 Å². The number of hydrogen-bond acceptors (Lipinski definition) is 4. The number of aromatic nitrogens is 1. The minimum Gasteiger partial charge on any atom is -0.330 e. The maximum atomic E-state index is 12.1. The molecular weight excluding hydrogens is 414 g/mol. The Balaban J connectivity index is 1.49. The lowest BCUT2D eigenvalue weighted by Crippen LogP contribution is -2.10. The third-order valence-corrected chi connectivity index (χ3v) is 5.93. The molecule has 3 aromatic rings. The number of amides is 1. The van der Waals surface area contributed by atoms with Gasteiger partial charge < -0.3 is 10.6 Å². The van der Waals surface area contributed by atoms with Gasteiger partial charge in [-0.05, 0) is 30.7 Å². The van der Waals surface area contributed by atoms with E-state index in [9.17, 15) is 4.79 Å². The van der Waals surface area contributed by atoms with Crippen LogP contribution in [0.5, 0.6) is 0 Å². The van der Waals surface area contributed by atoms with Crippen molar-refractivity contribution in [1.29, 1.82) is 0 Å². The summed E-state index contributed by atoms with van der Waals surface area (Å²) in [5.41, 5.74) is 3.55. The van der Waals surface area contributed by atoms with E-state index < -0.39 is 0 Å². The zero-order chi connectivity index (χ0) is 21.2. The number of nitrogens with zero attached hydrogens (tertiary/aromatic N) is 1. The molecule has 0 spiro atoms. The smallest absolute Gasteiger partial charge is 0.224 e. The molecule has 1 aromatic heterocycles. The van der Waals surface area contributed by atoms with Crippen LogP contribution in [0.2, 0.25) is 5.02 Å². The molecule has 0 aliphatic carbocycles. The highest BCUT2D eigenvalue weighted by atomic mass is 35.5. The van der Waals surface area contributed by atoms with Crippen molar-refractivity contribution in [1.82, 2.24) is 4.98 Å². The van der Waals surface area contributed by atoms with Crippen molar-refractivity contribution in [3.8, 4) is 11.3 Å². The number of para-hydroxylation sites is 1. The Hall–Kier alpha value is -2.37. The summed E-state index contributed by atoms with van der Waals surface area (Å²) < 4.78 is 0. The first kappa shape index (κ1) is 22.3. The molecule has 6 heteroatoms. The van der Waals surface area contributed by atoms with Gasteiger partial charge in [-0.2, -0.15) is 0 Å². The quantitative estimate of drug-likeness (QED) is 0.297. The van der Waals surface area contributed by atoms with Gasteiger partial charge in [0.25, 0.3) is 0 Å². The molecule has 30 heavy (non-hydrogen) atoms. The van der Waals surface area contributed by atoms with Crippen molar-refractivity contribution in [2.45, 2.75) is 51.9 Å². The monoisotopic (exact) mass is 441 g/mol. The van der Waals surface area contributed by atoms with Crippen molar-refractivity contribution in [2.24, 2.45) is 0 Å². The molecule has 3 rings (SSSR count). The molecule has 1 amide bonds. The average molecular weight is 442 g/mol. The number of hydrogen-bond donors (Lipinski definition) is 2. The normalized spacial score (nSPS) is 10.7. The second-order valence-corrected chi connectivity index (χ2v) is 8.55. The number of anilines is 3. The van der Waals surface area contributed by atoms with Gasteiger partial charge in [0.2, 0.25) is 5.91 Å². The molecule has 158 valence electrons. The van der Waals surface area contributed by atoms with E-state index >= 15 is 0 Å². The Morgan fingerprint density at radius 3 is 2.50 bits per heavy atom. The average Bonchev–Trinajstić information content (AvgIpc) is 3.21. The van der Waals surface area contributed by atoms with E-state index in [2.05, 4.69) is 22.5 Å². The lowest BCUT2D eigenvalue weighted by atomic mass is 10.1. The summed E-state index contributed by atoms with van der Waals surface area (Å²) in [4.78, 5) is 16.8. The van der Waals surface area contributed by atoms with Crippen LogP contribution in [0.3, 0.4) is 0 Å². The second kappa shape index (κ2) is 11.7. The number of thiazole rings is 1. The van der Waals surface area contributed by atoms with Crippen molar-refractivity contribution >= 4 is 45.4 Å². The first-order chi connectivity index (χ1) is 14.7. The largest absolute Gasteiger partial charge is 0.330 e. The van der Waals surface area contributed by atoms with Gasteiger partial charge in [-0.3, -0.25) is 4.79 Å². The van der Waals surface area contributed by atoms with Crippen LogP contribution in [0, 0.1) is 0 Å². The Labute approximate surface area is 187 Å². The van der Waals surface area contributed by atoms with Crippen LogP contribution in [0.1, 0.15) is 51.9 Å². The molecule has 0 saturated carbocycles. The summed E-state index contributed by atoms with van der Waals surface area (Å²) in [7, 11) is 0. The van der Waals surface area contributed by atoms with Crippen molar-refractivity contribution in [2.75, 3.05) is 10.6 Å². The predicted octanol–water partition coefficient (Wildman–Crippen LogP) is 7.90. The molecule has 2 N–H and O–H groups in total. The lowest BCUT2D eigenvalue weighted by Gasteiger charge is -2.06. The molecular formula is C24H28ClN3OS. The number of unbranched alkanes of at least 4 members (excludes halogenated alkanes) is 5. The van der Waals surface area contributed by atoms with E-state index in [0.717, 1.165) is 40.6 Å². The Morgan fingerprint density at radius 1 is 1.00 bits per heavy atom. The molecule has 0 atom stereocenters. The van der Waals surface area contributed by atoms with Gasteiger partial charge in [-0.1, -0.05) is 74.9 Å². The number of rotatable bonds is 11. The molecule has 0 unspecified atom stereocenters. The van der Waals surface area contributed by atoms with Crippen LogP contribution in [-0.4, -0.2) is 10.9 Å². The summed E-state index contributed by atoms with van der Waals surface area (Å²) >= 11 is 7.72. The number of halogens is 1. The van der Waals surface area contributed by atoms with Gasteiger partial charge in [0.1, 0.15) is 0 Å². The van der Waals surface area contributed by atoms with Crippen LogP contribution in [0.15, 0.2) is 53.9 Å². The number of carbonyl (C=O) groups excluding carboxylic acids is 1. The third-order valence-electron chi connectivity index (χ3n) is 4.84. The fraction of sp³-hybridized carbons (Fsp3) is 0.333. The maximum Gasteiger partial charge on any atom is 0.224 e. The fourth-order valence-corrected chi connectivity index (χ4v) is 4.07. The SMILES string of the molecule is CCCCCCCCC(=O)Nc1ccc(-c2csc(Nc3ccccc3Cl)n2)cc1. The number of nitrogens with one attached hydrogen (secondary N) is 2. The molecule has 0 aliphatic heterocycles. The topological polar surface area (TPSA) is 54.0 Å². The lowest BCUT2D eigenvalue weighted by molar-refractivity contribution is -0.116. The van der Waals surface area contributed by atoms with E-state index in [1.807, 2.05) is 53.9 Å². The highest BCUT2D eigenvalue weighted by molar-refractivity contribution is 7.14. The molecule has 0 radical (unpaired) electrons. The van der Waals surface area contributed by atoms with Crippen LogP contribution in [-0.2, 0) is 4.79 Å². The zero-order valence-electron chi connectivity index (χ0n) is 17.3. The second-order valence-electron chi connectivity index (χ2n) is 7.29. The summed E-state index contributed by atoms with van der Waals surface area (Å²) in [5.74, 6) is 0.0816. The zero-order valence-corrected chi connectivity index (χ0v) is 18.9. The molecule has 0 fully saturated rings. The minimum absolute atomic E-state index is 0.0816. The Morgan fingerprint density at radius 2 is 1.73 bits per heavy atom. The summed E-state index contributed by atoms with van der Waals surface area (Å²) in [5, 5.41) is 9.69. The van der Waals surface area contributed by atoms with Gasteiger partial charge in [-0.25, -0.2) is 4.98 Å². The standard InChI is InChI=1S/C24H28ClN3OS/c1-2-3-4-5-6-7-12-23(29)26-19-15-13-18(14-16-19)22-17-30-24(28-22)27-21-11-9-8-10-20(21)25/h8-11,13-17H,2-7,12H2,1H3,(H,26,29)(H,27,28). The molecule has 1 heterocycles. The van der Waals surface area contributed by atoms with Gasteiger partial charge in [0.15, 0.2) is 5.13 Å². The fourth-order valence-electron chi connectivity index (χ4n) is 3.16. The van der Waals surface area contributed by atoms with Crippen molar-refractivity contribution in [3.63, 3.8) is 0 Å². The number of carbonyl (C=O) groups is 1. The summed E-state index contributed by atoms with van der Waals surface area (Å²) in [6.45, 7) is 2.21. The molecule has 0 aliphatic rings. The first-order valence-electron chi connectivity index (χ1n) is 10.5. The highest BCUT2D eigenvalue weighted by Crippen LogP contribution is 2.30. The molecule has 2 aromatic carbocycles. The van der Waals surface area contributed by atoms with Crippen LogP contribution < -0.4 is 10.6 Å². The van der Waals surface area contributed by atoms with Gasteiger partial charge >= 0.3 is 0 Å². The van der Waals surface area contributed by atoms with Crippen LogP contribution in [0.25, 0.3) is 11.3 Å². The van der Waals surface area contributed by atoms with Gasteiger partial charge in [0.05, 0.1) is 16.4 Å². The molecule has 0 bridgehead atoms. The van der Waals surface area contributed by atoms with Gasteiger partial charge in [0, 0.05) is 23.1 Å². The summed E-state index contributed by atoms with van der Waals surface area (Å²) in [6, 6.07) is 15.4. The van der Waals surface area contributed by atoms with E-state index in [0.29, 0.717) is 11.4 Å². The van der Waals surface area contributed by atoms with E-state index in [4.69, 9.17) is 11.6 Å². The van der Waals surface area contributed by atoms with Crippen molar-refractivity contribution < 1.29 is 4.79 Å². The van der Waals surface area contributed by atoms with E-state index in [1.165, 1.54) is 37.0 Å². The molecule has 4 nitrogen and oxygen atoms in total. The Bertz CT molecular complexity index is 940. The van der Waals surface area contributed by atoms with Gasteiger partial charge in [-0.15, -0.1) is 11.3 Å². The third kappa shape index (κ3) is 6.85. The first-order valence-corrected chi connectivity index (χ1v) is 11.8. The maximum absolute atomic E-state index is 12.1. The minimum atomic E-state index is 0.0816. The van der Waals surface area contributed by atoms with Crippen molar-refractivity contribution in [3.05, 3.63) is 58.9 Å². The highest BCUT2D eigenvalue weighted by Gasteiger charge is 2.08.